The second-order valence-electron chi connectivity index (χ2n) is 4.48. The van der Waals surface area contributed by atoms with Crippen molar-refractivity contribution in [3.05, 3.63) is 47.7 Å². The molecule has 5 heteroatoms. The maximum Gasteiger partial charge on any atom is 0.263 e. The minimum absolute atomic E-state index is 0.0763. The van der Waals surface area contributed by atoms with Crippen LogP contribution in [-0.4, -0.2) is 22.6 Å². The largest absolute Gasteiger partial charge is 0.504 e. The average molecular weight is 272 g/mol. The van der Waals surface area contributed by atoms with Gasteiger partial charge in [0.1, 0.15) is 5.75 Å². The third-order valence-corrected chi connectivity index (χ3v) is 2.75. The molecule has 104 valence electrons. The minimum Gasteiger partial charge on any atom is -0.504 e. The zero-order valence-corrected chi connectivity index (χ0v) is 11.4. The van der Waals surface area contributed by atoms with E-state index in [0.29, 0.717) is 5.75 Å². The van der Waals surface area contributed by atoms with Crippen molar-refractivity contribution in [1.82, 2.24) is 4.98 Å². The van der Waals surface area contributed by atoms with Crippen LogP contribution in [0.3, 0.4) is 0 Å². The van der Waals surface area contributed by atoms with Crippen LogP contribution in [0.5, 0.6) is 11.5 Å². The Labute approximate surface area is 117 Å². The van der Waals surface area contributed by atoms with Crippen molar-refractivity contribution in [3.8, 4) is 11.5 Å². The van der Waals surface area contributed by atoms with Crippen LogP contribution in [0.1, 0.15) is 11.1 Å². The zero-order chi connectivity index (χ0) is 14.5. The second kappa shape index (κ2) is 6.06. The van der Waals surface area contributed by atoms with Crippen molar-refractivity contribution >= 4 is 11.7 Å². The fraction of sp³-hybridized carbons (Fsp3) is 0.200. The van der Waals surface area contributed by atoms with Gasteiger partial charge in [0.25, 0.3) is 5.91 Å². The van der Waals surface area contributed by atoms with Crippen LogP contribution < -0.4 is 10.1 Å². The molecule has 2 N–H and O–H groups in total. The Morgan fingerprint density at radius 1 is 1.35 bits per heavy atom. The van der Waals surface area contributed by atoms with Crippen LogP contribution in [0.25, 0.3) is 0 Å². The number of aryl methyl sites for hydroxylation is 2. The second-order valence-corrected chi connectivity index (χ2v) is 4.48. The number of hydrogen-bond acceptors (Lipinski definition) is 4. The van der Waals surface area contributed by atoms with Gasteiger partial charge in [0, 0.05) is 6.20 Å². The highest BCUT2D eigenvalue weighted by Crippen LogP contribution is 2.20. The number of aromatic nitrogens is 1. The topological polar surface area (TPSA) is 71.5 Å². The van der Waals surface area contributed by atoms with Gasteiger partial charge in [-0.2, -0.15) is 0 Å². The highest BCUT2D eigenvalue weighted by molar-refractivity contribution is 5.92. The summed E-state index contributed by atoms with van der Waals surface area (Å²) >= 11 is 0. The lowest BCUT2D eigenvalue weighted by Gasteiger charge is -2.10. The Morgan fingerprint density at radius 2 is 2.15 bits per heavy atom. The quantitative estimate of drug-likeness (QED) is 0.896. The number of anilines is 1. The van der Waals surface area contributed by atoms with Gasteiger partial charge >= 0.3 is 0 Å². The molecule has 0 atom stereocenters. The van der Waals surface area contributed by atoms with Crippen LogP contribution in [0.2, 0.25) is 0 Å². The van der Waals surface area contributed by atoms with Crippen molar-refractivity contribution in [1.29, 1.82) is 0 Å². The summed E-state index contributed by atoms with van der Waals surface area (Å²) in [6, 6.07) is 8.83. The van der Waals surface area contributed by atoms with Gasteiger partial charge in [-0.15, -0.1) is 0 Å². The molecular formula is C15H16N2O3. The van der Waals surface area contributed by atoms with E-state index in [0.717, 1.165) is 11.1 Å². The summed E-state index contributed by atoms with van der Waals surface area (Å²) < 4.78 is 5.47. The van der Waals surface area contributed by atoms with Gasteiger partial charge in [-0.3, -0.25) is 4.79 Å². The Bertz CT molecular complexity index is 626. The summed E-state index contributed by atoms with van der Waals surface area (Å²) in [5, 5.41) is 12.0. The van der Waals surface area contributed by atoms with Crippen molar-refractivity contribution in [3.63, 3.8) is 0 Å². The molecule has 2 rings (SSSR count). The van der Waals surface area contributed by atoms with Crippen LogP contribution in [-0.2, 0) is 4.79 Å². The van der Waals surface area contributed by atoms with Gasteiger partial charge in [0.05, 0.1) is 0 Å². The number of ether oxygens (including phenoxy) is 1. The van der Waals surface area contributed by atoms with E-state index >= 15 is 0 Å². The molecule has 20 heavy (non-hydrogen) atoms. The van der Waals surface area contributed by atoms with E-state index in [1.54, 1.807) is 6.07 Å². The first kappa shape index (κ1) is 13.9. The predicted octanol–water partition coefficient (Wildman–Crippen LogP) is 2.42. The Kier molecular flexibility index (Phi) is 4.20. The number of pyridine rings is 1. The highest BCUT2D eigenvalue weighted by atomic mass is 16.5. The highest BCUT2D eigenvalue weighted by Gasteiger charge is 2.08. The third kappa shape index (κ3) is 3.47. The van der Waals surface area contributed by atoms with E-state index in [9.17, 15) is 9.90 Å². The van der Waals surface area contributed by atoms with Gasteiger partial charge in [-0.05, 0) is 43.2 Å². The number of carbonyl (C=O) groups excluding carboxylic acids is 1. The first-order valence-corrected chi connectivity index (χ1v) is 6.20. The fourth-order valence-corrected chi connectivity index (χ4v) is 1.67. The molecule has 1 amide bonds. The standard InChI is InChI=1S/C15H16N2O3/c1-10-5-6-11(2)13(8-10)20-9-14(19)17-15-12(18)4-3-7-16-15/h3-8,18H,9H2,1-2H3,(H,16,17,19). The Morgan fingerprint density at radius 3 is 2.90 bits per heavy atom. The van der Waals surface area contributed by atoms with Gasteiger partial charge < -0.3 is 15.2 Å². The van der Waals surface area contributed by atoms with Crippen LogP contribution in [0, 0.1) is 13.8 Å². The summed E-state index contributed by atoms with van der Waals surface area (Å²) in [6.45, 7) is 3.73. The average Bonchev–Trinajstić information content (AvgIpc) is 2.42. The van der Waals surface area contributed by atoms with E-state index in [2.05, 4.69) is 10.3 Å². The van der Waals surface area contributed by atoms with Crippen LogP contribution in [0.15, 0.2) is 36.5 Å². The fourth-order valence-electron chi connectivity index (χ4n) is 1.67. The van der Waals surface area contributed by atoms with E-state index in [4.69, 9.17) is 4.74 Å². The molecule has 5 nitrogen and oxygen atoms in total. The van der Waals surface area contributed by atoms with Crippen molar-refractivity contribution < 1.29 is 14.6 Å². The van der Waals surface area contributed by atoms with Gasteiger partial charge in [-0.25, -0.2) is 4.98 Å². The molecular weight excluding hydrogens is 256 g/mol. The lowest BCUT2D eigenvalue weighted by Crippen LogP contribution is -2.21. The smallest absolute Gasteiger partial charge is 0.263 e. The lowest BCUT2D eigenvalue weighted by atomic mass is 10.1. The first-order valence-electron chi connectivity index (χ1n) is 6.20. The molecule has 0 fully saturated rings. The van der Waals surface area contributed by atoms with Gasteiger partial charge in [0.15, 0.2) is 18.2 Å². The number of amides is 1. The van der Waals surface area contributed by atoms with E-state index in [-0.39, 0.29) is 24.1 Å². The van der Waals surface area contributed by atoms with Crippen LogP contribution in [0.4, 0.5) is 5.82 Å². The summed E-state index contributed by atoms with van der Waals surface area (Å²) in [7, 11) is 0. The third-order valence-electron chi connectivity index (χ3n) is 2.75. The molecule has 0 aliphatic rings. The first-order chi connectivity index (χ1) is 9.56. The normalized spacial score (nSPS) is 10.1. The molecule has 0 saturated carbocycles. The molecule has 2 aromatic rings. The Hall–Kier alpha value is -2.56. The number of rotatable bonds is 4. The molecule has 1 aromatic carbocycles. The zero-order valence-electron chi connectivity index (χ0n) is 11.4. The van der Waals surface area contributed by atoms with Crippen molar-refractivity contribution in [2.24, 2.45) is 0 Å². The molecule has 0 radical (unpaired) electrons. The number of benzene rings is 1. The van der Waals surface area contributed by atoms with Crippen molar-refractivity contribution in [2.75, 3.05) is 11.9 Å². The number of nitrogens with one attached hydrogen (secondary N) is 1. The van der Waals surface area contributed by atoms with E-state index < -0.39 is 0 Å². The monoisotopic (exact) mass is 272 g/mol. The number of aromatic hydroxyl groups is 1. The summed E-state index contributed by atoms with van der Waals surface area (Å²) in [5.41, 5.74) is 2.03. The molecule has 0 bridgehead atoms. The predicted molar refractivity (Wildman–Crippen MR) is 75.9 cm³/mol. The van der Waals surface area contributed by atoms with Gasteiger partial charge in [0.2, 0.25) is 0 Å². The van der Waals surface area contributed by atoms with E-state index in [1.165, 1.54) is 12.3 Å². The Balaban J connectivity index is 1.96. The summed E-state index contributed by atoms with van der Waals surface area (Å²) in [5.74, 6) is 0.347. The lowest BCUT2D eigenvalue weighted by molar-refractivity contribution is -0.118. The molecule has 0 spiro atoms. The minimum atomic E-state index is -0.375. The van der Waals surface area contributed by atoms with Crippen molar-refractivity contribution in [2.45, 2.75) is 13.8 Å². The summed E-state index contributed by atoms with van der Waals surface area (Å²) in [6.07, 6.45) is 1.49. The number of hydrogen-bond donors (Lipinski definition) is 2. The van der Waals surface area contributed by atoms with E-state index in [1.807, 2.05) is 32.0 Å². The maximum absolute atomic E-state index is 11.7. The molecule has 1 heterocycles. The SMILES string of the molecule is Cc1ccc(C)c(OCC(=O)Nc2ncccc2O)c1. The maximum atomic E-state index is 11.7. The molecule has 0 unspecified atom stereocenters. The molecule has 1 aromatic heterocycles. The summed E-state index contributed by atoms with van der Waals surface area (Å²) in [4.78, 5) is 15.6. The molecule has 0 saturated heterocycles. The van der Waals surface area contributed by atoms with Gasteiger partial charge in [-0.1, -0.05) is 12.1 Å². The number of carbonyl (C=O) groups is 1. The molecule has 0 aliphatic heterocycles. The molecule has 0 aliphatic carbocycles. The van der Waals surface area contributed by atoms with Crippen LogP contribution >= 0.6 is 0 Å². The number of nitrogens with zero attached hydrogens (tertiary/aromatic N) is 1.